The molecule has 1 aliphatic carbocycles. The molecule has 0 atom stereocenters. The first-order chi connectivity index (χ1) is 18.8. The first-order valence-electron chi connectivity index (χ1n) is 13.2. The number of likely N-dealkylation sites (tertiary alicyclic amines) is 1. The van der Waals surface area contributed by atoms with Crippen LogP contribution in [0.2, 0.25) is 10.0 Å². The Bertz CT molecular complexity index is 1480. The SMILES string of the molecule is O=C(O)c1ccc2c(c1)CCCC(c1ccc(Cl)cc1Cl)=C2c1ccc(C=C2CCN(CCCF)C2)c(F)c1. The van der Waals surface area contributed by atoms with Gasteiger partial charge in [-0.05, 0) is 95.8 Å². The number of hydrogen-bond donors (Lipinski definition) is 1. The number of carboxylic acids is 1. The van der Waals surface area contributed by atoms with E-state index in [-0.39, 0.29) is 18.1 Å². The minimum atomic E-state index is -0.979. The number of rotatable bonds is 7. The summed E-state index contributed by atoms with van der Waals surface area (Å²) >= 11 is 12.8. The second kappa shape index (κ2) is 12.0. The van der Waals surface area contributed by atoms with E-state index in [1.165, 1.54) is 0 Å². The van der Waals surface area contributed by atoms with Crippen molar-refractivity contribution >= 4 is 46.4 Å². The maximum absolute atomic E-state index is 15.6. The number of benzene rings is 3. The number of halogens is 4. The van der Waals surface area contributed by atoms with Crippen LogP contribution in [0, 0.1) is 5.82 Å². The highest BCUT2D eigenvalue weighted by molar-refractivity contribution is 6.36. The van der Waals surface area contributed by atoms with Crippen molar-refractivity contribution in [3.05, 3.63) is 109 Å². The highest BCUT2D eigenvalue weighted by Crippen LogP contribution is 2.42. The Kier molecular flexibility index (Phi) is 8.51. The van der Waals surface area contributed by atoms with Crippen LogP contribution in [0.15, 0.2) is 60.2 Å². The lowest BCUT2D eigenvalue weighted by molar-refractivity contribution is 0.0696. The molecule has 202 valence electrons. The lowest BCUT2D eigenvalue weighted by Crippen LogP contribution is -2.20. The number of hydrogen-bond acceptors (Lipinski definition) is 2. The summed E-state index contributed by atoms with van der Waals surface area (Å²) in [6.07, 6.45) is 5.44. The molecule has 0 aromatic heterocycles. The van der Waals surface area contributed by atoms with Gasteiger partial charge in [-0.1, -0.05) is 59.1 Å². The average molecular weight is 568 g/mol. The number of carboxylic acid groups (broad SMARTS) is 1. The van der Waals surface area contributed by atoms with E-state index in [0.717, 1.165) is 59.3 Å². The van der Waals surface area contributed by atoms with Crippen molar-refractivity contribution in [3.63, 3.8) is 0 Å². The Morgan fingerprint density at radius 1 is 1.00 bits per heavy atom. The molecule has 0 saturated carbocycles. The maximum atomic E-state index is 15.6. The number of fused-ring (bicyclic) bond motifs is 1. The van der Waals surface area contributed by atoms with Crippen LogP contribution < -0.4 is 0 Å². The Balaban J connectivity index is 1.60. The molecule has 0 amide bonds. The van der Waals surface area contributed by atoms with Crippen molar-refractivity contribution in [2.45, 2.75) is 32.1 Å². The quantitative estimate of drug-likeness (QED) is 0.311. The third kappa shape index (κ3) is 6.11. The molecule has 3 nitrogen and oxygen atoms in total. The summed E-state index contributed by atoms with van der Waals surface area (Å²) in [6, 6.07) is 15.8. The van der Waals surface area contributed by atoms with E-state index >= 15 is 4.39 Å². The van der Waals surface area contributed by atoms with Crippen LogP contribution in [0.3, 0.4) is 0 Å². The fourth-order valence-electron chi connectivity index (χ4n) is 5.61. The zero-order chi connectivity index (χ0) is 27.5. The molecule has 5 rings (SSSR count). The Morgan fingerprint density at radius 3 is 2.56 bits per heavy atom. The van der Waals surface area contributed by atoms with E-state index in [2.05, 4.69) is 4.90 Å². The lowest BCUT2D eigenvalue weighted by atomic mass is 9.87. The predicted molar refractivity (Wildman–Crippen MR) is 155 cm³/mol. The van der Waals surface area contributed by atoms with E-state index in [0.29, 0.717) is 47.0 Å². The van der Waals surface area contributed by atoms with Crippen LogP contribution >= 0.6 is 23.2 Å². The number of alkyl halides is 1. The number of allylic oxidation sites excluding steroid dienone is 1. The molecule has 0 spiro atoms. The molecule has 0 unspecified atom stereocenters. The van der Waals surface area contributed by atoms with Gasteiger partial charge in [-0.25, -0.2) is 9.18 Å². The van der Waals surface area contributed by atoms with Crippen LogP contribution in [0.4, 0.5) is 8.78 Å². The minimum Gasteiger partial charge on any atom is -0.478 e. The van der Waals surface area contributed by atoms with Gasteiger partial charge in [0.15, 0.2) is 0 Å². The standard InChI is InChI=1S/C32H29Cl2F2NO2/c33-25-8-10-27(29(34)18-25)28-4-1-3-21-16-24(32(38)39)7-9-26(21)31(28)23-6-5-22(30(36)17-23)15-20-11-14-37(19-20)13-2-12-35/h5-10,15-18H,1-4,11-14,19H2,(H,38,39). The Labute approximate surface area is 237 Å². The van der Waals surface area contributed by atoms with Gasteiger partial charge in [0.05, 0.1) is 12.2 Å². The second-order valence-corrected chi connectivity index (χ2v) is 11.0. The van der Waals surface area contributed by atoms with Gasteiger partial charge in [0.1, 0.15) is 5.82 Å². The molecule has 1 N–H and O–H groups in total. The molecule has 2 aliphatic rings. The van der Waals surface area contributed by atoms with Gasteiger partial charge in [0.2, 0.25) is 0 Å². The minimum absolute atomic E-state index is 0.228. The number of nitrogens with zero attached hydrogens (tertiary/aromatic N) is 1. The maximum Gasteiger partial charge on any atom is 0.335 e. The molecule has 0 bridgehead atoms. The summed E-state index contributed by atoms with van der Waals surface area (Å²) in [4.78, 5) is 13.9. The van der Waals surface area contributed by atoms with E-state index in [4.69, 9.17) is 23.2 Å². The van der Waals surface area contributed by atoms with Gasteiger partial charge in [-0.2, -0.15) is 0 Å². The molecule has 0 radical (unpaired) electrons. The fourth-order valence-corrected chi connectivity index (χ4v) is 6.14. The predicted octanol–water partition coefficient (Wildman–Crippen LogP) is 8.57. The number of aromatic carboxylic acids is 1. The molecule has 1 aliphatic heterocycles. The zero-order valence-electron chi connectivity index (χ0n) is 21.5. The van der Waals surface area contributed by atoms with Crippen molar-refractivity contribution in [1.82, 2.24) is 4.90 Å². The summed E-state index contributed by atoms with van der Waals surface area (Å²) < 4.78 is 28.2. The van der Waals surface area contributed by atoms with Crippen molar-refractivity contribution in [2.75, 3.05) is 26.3 Å². The third-order valence-corrected chi connectivity index (χ3v) is 8.03. The average Bonchev–Trinajstić information content (AvgIpc) is 3.27. The molecule has 1 saturated heterocycles. The van der Waals surface area contributed by atoms with Gasteiger partial charge < -0.3 is 5.11 Å². The van der Waals surface area contributed by atoms with E-state index < -0.39 is 5.97 Å². The van der Waals surface area contributed by atoms with Crippen LogP contribution in [0.1, 0.15) is 63.9 Å². The molecule has 7 heteroatoms. The second-order valence-electron chi connectivity index (χ2n) is 10.1. The smallest absolute Gasteiger partial charge is 0.335 e. The number of carbonyl (C=O) groups is 1. The summed E-state index contributed by atoms with van der Waals surface area (Å²) in [7, 11) is 0. The van der Waals surface area contributed by atoms with Crippen molar-refractivity contribution in [3.8, 4) is 0 Å². The molecule has 1 fully saturated rings. The summed E-state index contributed by atoms with van der Waals surface area (Å²) in [5, 5.41) is 10.6. The van der Waals surface area contributed by atoms with Crippen LogP contribution in [0.5, 0.6) is 0 Å². The monoisotopic (exact) mass is 567 g/mol. The van der Waals surface area contributed by atoms with E-state index in [1.807, 2.05) is 24.3 Å². The molecular weight excluding hydrogens is 539 g/mol. The topological polar surface area (TPSA) is 40.5 Å². The first kappa shape index (κ1) is 27.6. The van der Waals surface area contributed by atoms with Gasteiger partial charge in [-0.15, -0.1) is 0 Å². The Hall–Kier alpha value is -2.99. The summed E-state index contributed by atoms with van der Waals surface area (Å²) in [6.45, 7) is 1.97. The van der Waals surface area contributed by atoms with Crippen molar-refractivity contribution in [1.29, 1.82) is 0 Å². The van der Waals surface area contributed by atoms with Crippen molar-refractivity contribution in [2.24, 2.45) is 0 Å². The van der Waals surface area contributed by atoms with Gasteiger partial charge in [0.25, 0.3) is 0 Å². The van der Waals surface area contributed by atoms with Gasteiger partial charge in [-0.3, -0.25) is 9.29 Å². The van der Waals surface area contributed by atoms with Crippen LogP contribution in [-0.2, 0) is 6.42 Å². The van der Waals surface area contributed by atoms with E-state index in [1.54, 1.807) is 36.4 Å². The highest BCUT2D eigenvalue weighted by Gasteiger charge is 2.24. The van der Waals surface area contributed by atoms with Crippen LogP contribution in [0.25, 0.3) is 17.2 Å². The molecule has 39 heavy (non-hydrogen) atoms. The Morgan fingerprint density at radius 2 is 1.82 bits per heavy atom. The zero-order valence-corrected chi connectivity index (χ0v) is 23.0. The van der Waals surface area contributed by atoms with Gasteiger partial charge in [0, 0.05) is 35.2 Å². The molecule has 1 heterocycles. The summed E-state index contributed by atoms with van der Waals surface area (Å²) in [5.41, 5.74) is 7.03. The first-order valence-corrected chi connectivity index (χ1v) is 13.9. The normalized spacial score (nSPS) is 17.0. The highest BCUT2D eigenvalue weighted by atomic mass is 35.5. The van der Waals surface area contributed by atoms with Crippen molar-refractivity contribution < 1.29 is 18.7 Å². The largest absolute Gasteiger partial charge is 0.478 e. The fraction of sp³-hybridized carbons (Fsp3) is 0.281. The summed E-state index contributed by atoms with van der Waals surface area (Å²) in [5.74, 6) is -1.31. The third-order valence-electron chi connectivity index (χ3n) is 7.49. The number of aryl methyl sites for hydroxylation is 1. The molecular formula is C32H29Cl2F2NO2. The molecule has 3 aromatic rings. The lowest BCUT2D eigenvalue weighted by Gasteiger charge is -2.18. The van der Waals surface area contributed by atoms with Crippen LogP contribution in [-0.4, -0.2) is 42.3 Å². The van der Waals surface area contributed by atoms with E-state index in [9.17, 15) is 14.3 Å². The molecule has 3 aromatic carbocycles. The van der Waals surface area contributed by atoms with Gasteiger partial charge >= 0.3 is 5.97 Å².